The van der Waals surface area contributed by atoms with Gasteiger partial charge in [0.15, 0.2) is 0 Å². The van der Waals surface area contributed by atoms with Gasteiger partial charge in [-0.25, -0.2) is 0 Å². The van der Waals surface area contributed by atoms with Crippen molar-refractivity contribution < 1.29 is 4.92 Å². The van der Waals surface area contributed by atoms with Crippen molar-refractivity contribution in [3.05, 3.63) is 89.0 Å². The standard InChI is InChI=1S/C18H12NO2S/c20-19(21)16-11-9-14(10-12-16)15-5-4-8-18(13-15)22-17-6-2-1-3-7-17/h1-4,6-13H. The highest BCUT2D eigenvalue weighted by Crippen LogP contribution is 2.31. The highest BCUT2D eigenvalue weighted by molar-refractivity contribution is 7.99. The monoisotopic (exact) mass is 306 g/mol. The van der Waals surface area contributed by atoms with Gasteiger partial charge in [-0.2, -0.15) is 0 Å². The molecule has 0 bridgehead atoms. The van der Waals surface area contributed by atoms with Gasteiger partial charge in [-0.1, -0.05) is 36.0 Å². The molecule has 0 saturated carbocycles. The van der Waals surface area contributed by atoms with Gasteiger partial charge in [-0.15, -0.1) is 0 Å². The molecule has 0 fully saturated rings. The zero-order valence-corrected chi connectivity index (χ0v) is 12.4. The Balaban J connectivity index is 1.86. The molecule has 0 heterocycles. The second-order valence-corrected chi connectivity index (χ2v) is 5.80. The lowest BCUT2D eigenvalue weighted by Gasteiger charge is -2.05. The van der Waals surface area contributed by atoms with Crippen LogP contribution in [0.2, 0.25) is 0 Å². The smallest absolute Gasteiger partial charge is 0.258 e. The Morgan fingerprint density at radius 2 is 1.64 bits per heavy atom. The summed E-state index contributed by atoms with van der Waals surface area (Å²) < 4.78 is 0. The summed E-state index contributed by atoms with van der Waals surface area (Å²) in [7, 11) is 0. The average molecular weight is 306 g/mol. The van der Waals surface area contributed by atoms with Gasteiger partial charge in [-0.05, 0) is 53.6 Å². The van der Waals surface area contributed by atoms with Crippen LogP contribution in [0.4, 0.5) is 5.69 Å². The molecule has 0 aliphatic heterocycles. The third-order valence-corrected chi connectivity index (χ3v) is 4.14. The fraction of sp³-hybridized carbons (Fsp3) is 0. The van der Waals surface area contributed by atoms with Crippen LogP contribution in [0, 0.1) is 16.2 Å². The number of nitro benzene ring substituents is 1. The molecule has 3 aromatic carbocycles. The Kier molecular flexibility index (Phi) is 4.21. The molecule has 3 nitrogen and oxygen atoms in total. The first-order valence-electron chi connectivity index (χ1n) is 6.72. The Morgan fingerprint density at radius 3 is 2.32 bits per heavy atom. The van der Waals surface area contributed by atoms with Crippen molar-refractivity contribution >= 4 is 17.4 Å². The molecule has 0 aliphatic carbocycles. The lowest BCUT2D eigenvalue weighted by atomic mass is 10.1. The van der Waals surface area contributed by atoms with Crippen molar-refractivity contribution in [2.24, 2.45) is 0 Å². The summed E-state index contributed by atoms with van der Waals surface area (Å²) in [5.41, 5.74) is 1.94. The lowest BCUT2D eigenvalue weighted by Crippen LogP contribution is -1.87. The van der Waals surface area contributed by atoms with Crippen LogP contribution in [-0.4, -0.2) is 4.92 Å². The molecule has 0 aromatic heterocycles. The summed E-state index contributed by atoms with van der Waals surface area (Å²) in [6.45, 7) is 0. The number of hydrogen-bond acceptors (Lipinski definition) is 3. The molecule has 3 aromatic rings. The van der Waals surface area contributed by atoms with E-state index in [9.17, 15) is 10.1 Å². The maximum atomic E-state index is 10.7. The van der Waals surface area contributed by atoms with E-state index in [0.717, 1.165) is 16.0 Å². The van der Waals surface area contributed by atoms with E-state index >= 15 is 0 Å². The molecule has 3 rings (SSSR count). The van der Waals surface area contributed by atoms with Gasteiger partial charge in [0.25, 0.3) is 5.69 Å². The molecule has 107 valence electrons. The number of rotatable bonds is 4. The van der Waals surface area contributed by atoms with Crippen molar-refractivity contribution in [1.29, 1.82) is 0 Å². The predicted octanol–water partition coefficient (Wildman–Crippen LogP) is 5.21. The van der Waals surface area contributed by atoms with Gasteiger partial charge in [0.2, 0.25) is 0 Å². The maximum absolute atomic E-state index is 10.7. The molecular weight excluding hydrogens is 294 g/mol. The Morgan fingerprint density at radius 1 is 0.909 bits per heavy atom. The van der Waals surface area contributed by atoms with E-state index in [1.807, 2.05) is 36.4 Å². The molecule has 0 spiro atoms. The van der Waals surface area contributed by atoms with Crippen molar-refractivity contribution in [3.8, 4) is 11.1 Å². The molecule has 0 unspecified atom stereocenters. The van der Waals surface area contributed by atoms with Gasteiger partial charge >= 0.3 is 0 Å². The molecule has 0 N–H and O–H groups in total. The van der Waals surface area contributed by atoms with Crippen molar-refractivity contribution in [1.82, 2.24) is 0 Å². The highest BCUT2D eigenvalue weighted by atomic mass is 32.2. The first kappa shape index (κ1) is 14.4. The number of nitrogens with zero attached hydrogens (tertiary/aromatic N) is 1. The predicted molar refractivity (Wildman–Crippen MR) is 87.9 cm³/mol. The van der Waals surface area contributed by atoms with Crippen molar-refractivity contribution in [3.63, 3.8) is 0 Å². The molecule has 0 amide bonds. The first-order chi connectivity index (χ1) is 10.7. The summed E-state index contributed by atoms with van der Waals surface area (Å²) in [5.74, 6) is 0. The van der Waals surface area contributed by atoms with E-state index in [2.05, 4.69) is 18.2 Å². The van der Waals surface area contributed by atoms with E-state index in [4.69, 9.17) is 0 Å². The molecule has 0 saturated heterocycles. The van der Waals surface area contributed by atoms with Crippen LogP contribution in [0.15, 0.2) is 82.6 Å². The number of hydrogen-bond donors (Lipinski definition) is 0. The van der Waals surface area contributed by atoms with Gasteiger partial charge in [0.1, 0.15) is 0 Å². The molecule has 22 heavy (non-hydrogen) atoms. The summed E-state index contributed by atoms with van der Waals surface area (Å²) in [5, 5.41) is 10.7. The van der Waals surface area contributed by atoms with Crippen LogP contribution in [0.5, 0.6) is 0 Å². The molecule has 0 aliphatic rings. The summed E-state index contributed by atoms with van der Waals surface area (Å²) in [4.78, 5) is 12.6. The van der Waals surface area contributed by atoms with E-state index in [0.29, 0.717) is 0 Å². The quantitative estimate of drug-likeness (QED) is 0.490. The third-order valence-electron chi connectivity index (χ3n) is 3.14. The van der Waals surface area contributed by atoms with Gasteiger partial charge < -0.3 is 0 Å². The SMILES string of the molecule is O=[N+]([O-])c1ccc(-c2[c]ccc(Sc3ccccc3)c2)cc1. The minimum Gasteiger partial charge on any atom is -0.258 e. The zero-order chi connectivity index (χ0) is 15.4. The van der Waals surface area contributed by atoms with Crippen LogP contribution in [0.1, 0.15) is 0 Å². The summed E-state index contributed by atoms with van der Waals surface area (Å²) in [6, 6.07) is 25.8. The van der Waals surface area contributed by atoms with E-state index in [1.165, 1.54) is 17.0 Å². The van der Waals surface area contributed by atoms with Crippen LogP contribution >= 0.6 is 11.8 Å². The topological polar surface area (TPSA) is 43.1 Å². The summed E-state index contributed by atoms with van der Waals surface area (Å²) in [6.07, 6.45) is 0. The minimum absolute atomic E-state index is 0.0959. The van der Waals surface area contributed by atoms with Gasteiger partial charge in [-0.3, -0.25) is 10.1 Å². The molecule has 1 radical (unpaired) electrons. The Labute approximate surface area is 132 Å². The number of nitro groups is 1. The maximum Gasteiger partial charge on any atom is 0.269 e. The number of benzene rings is 3. The fourth-order valence-corrected chi connectivity index (χ4v) is 2.94. The van der Waals surface area contributed by atoms with E-state index < -0.39 is 4.92 Å². The van der Waals surface area contributed by atoms with Crippen LogP contribution in [-0.2, 0) is 0 Å². The van der Waals surface area contributed by atoms with Gasteiger partial charge in [0.05, 0.1) is 4.92 Å². The third kappa shape index (κ3) is 3.35. The fourth-order valence-electron chi connectivity index (χ4n) is 2.06. The zero-order valence-electron chi connectivity index (χ0n) is 11.6. The highest BCUT2D eigenvalue weighted by Gasteiger charge is 2.06. The minimum atomic E-state index is -0.394. The van der Waals surface area contributed by atoms with E-state index in [-0.39, 0.29) is 5.69 Å². The number of non-ortho nitro benzene ring substituents is 1. The largest absolute Gasteiger partial charge is 0.269 e. The van der Waals surface area contributed by atoms with E-state index in [1.54, 1.807) is 23.9 Å². The second-order valence-electron chi connectivity index (χ2n) is 4.66. The van der Waals surface area contributed by atoms with Crippen LogP contribution < -0.4 is 0 Å². The first-order valence-corrected chi connectivity index (χ1v) is 7.53. The molecule has 0 atom stereocenters. The Hall–Kier alpha value is -2.59. The molecule has 4 heteroatoms. The Bertz CT molecular complexity index is 786. The lowest BCUT2D eigenvalue weighted by molar-refractivity contribution is -0.384. The second kappa shape index (κ2) is 6.45. The van der Waals surface area contributed by atoms with Crippen LogP contribution in [0.3, 0.4) is 0 Å². The van der Waals surface area contributed by atoms with Crippen molar-refractivity contribution in [2.45, 2.75) is 9.79 Å². The molecular formula is C18H12NO2S. The van der Waals surface area contributed by atoms with Crippen LogP contribution in [0.25, 0.3) is 11.1 Å². The van der Waals surface area contributed by atoms with Gasteiger partial charge in [0, 0.05) is 21.9 Å². The van der Waals surface area contributed by atoms with Crippen molar-refractivity contribution in [2.75, 3.05) is 0 Å². The average Bonchev–Trinajstić information content (AvgIpc) is 2.56. The summed E-state index contributed by atoms with van der Waals surface area (Å²) >= 11 is 1.68. The normalized spacial score (nSPS) is 10.4.